The highest BCUT2D eigenvalue weighted by molar-refractivity contribution is 5.94. The zero-order valence-corrected chi connectivity index (χ0v) is 12.7. The van der Waals surface area contributed by atoms with Gasteiger partial charge in [0.15, 0.2) is 0 Å². The number of rotatable bonds is 8. The van der Waals surface area contributed by atoms with Crippen LogP contribution in [0.2, 0.25) is 0 Å². The van der Waals surface area contributed by atoms with Gasteiger partial charge in [-0.15, -0.1) is 0 Å². The third-order valence-electron chi connectivity index (χ3n) is 3.17. The van der Waals surface area contributed by atoms with E-state index >= 15 is 0 Å². The van der Waals surface area contributed by atoms with Crippen LogP contribution in [0.4, 0.5) is 0 Å². The van der Waals surface area contributed by atoms with Crippen LogP contribution in [0.3, 0.4) is 0 Å². The maximum Gasteiger partial charge on any atom is 0.251 e. The molecule has 0 aromatic heterocycles. The lowest BCUT2D eigenvalue weighted by Gasteiger charge is -2.21. The van der Waals surface area contributed by atoms with Gasteiger partial charge < -0.3 is 15.8 Å². The Morgan fingerprint density at radius 3 is 2.75 bits per heavy atom. The number of nitrogens with one attached hydrogen (secondary N) is 1. The summed E-state index contributed by atoms with van der Waals surface area (Å²) in [5, 5.41) is 3.04. The molecule has 0 bridgehead atoms. The molecule has 0 aliphatic rings. The smallest absolute Gasteiger partial charge is 0.251 e. The summed E-state index contributed by atoms with van der Waals surface area (Å²) in [6.45, 7) is 7.45. The Hall–Kier alpha value is -1.55. The average molecular weight is 278 g/mol. The van der Waals surface area contributed by atoms with E-state index in [4.69, 9.17) is 10.5 Å². The van der Waals surface area contributed by atoms with Crippen LogP contribution < -0.4 is 15.8 Å². The normalized spacial score (nSPS) is 12.2. The zero-order valence-electron chi connectivity index (χ0n) is 12.7. The maximum absolute atomic E-state index is 12.3. The highest BCUT2D eigenvalue weighted by Crippen LogP contribution is 2.14. The van der Waals surface area contributed by atoms with Crippen molar-refractivity contribution in [2.45, 2.75) is 39.7 Å². The standard InChI is InChI=1S/C16H26N2O2/c1-4-10-20-14-7-5-6-13(11-14)16(19)18-15(8-9-17)12(2)3/h5-7,11-12,15H,4,8-10,17H2,1-3H3,(H,18,19). The van der Waals surface area contributed by atoms with Crippen LogP contribution in [0.1, 0.15) is 44.0 Å². The van der Waals surface area contributed by atoms with Crippen molar-refractivity contribution in [2.75, 3.05) is 13.2 Å². The van der Waals surface area contributed by atoms with Gasteiger partial charge in [0.05, 0.1) is 6.61 Å². The zero-order chi connectivity index (χ0) is 15.0. The van der Waals surface area contributed by atoms with Gasteiger partial charge in [-0.1, -0.05) is 26.8 Å². The molecule has 20 heavy (non-hydrogen) atoms. The third-order valence-corrected chi connectivity index (χ3v) is 3.17. The molecule has 4 heteroatoms. The predicted octanol–water partition coefficient (Wildman–Crippen LogP) is 2.58. The number of hydrogen-bond donors (Lipinski definition) is 2. The van der Waals surface area contributed by atoms with Crippen molar-refractivity contribution in [3.05, 3.63) is 29.8 Å². The van der Waals surface area contributed by atoms with Gasteiger partial charge in [-0.2, -0.15) is 0 Å². The molecule has 1 aromatic carbocycles. The van der Waals surface area contributed by atoms with Crippen LogP contribution in [-0.4, -0.2) is 25.1 Å². The van der Waals surface area contributed by atoms with Crippen LogP contribution in [0.5, 0.6) is 5.75 Å². The highest BCUT2D eigenvalue weighted by Gasteiger charge is 2.16. The second-order valence-electron chi connectivity index (χ2n) is 5.28. The van der Waals surface area contributed by atoms with E-state index in [-0.39, 0.29) is 11.9 Å². The van der Waals surface area contributed by atoms with E-state index in [9.17, 15) is 4.79 Å². The SMILES string of the molecule is CCCOc1cccc(C(=O)NC(CCN)C(C)C)c1. The van der Waals surface area contributed by atoms with Crippen LogP contribution in [0.25, 0.3) is 0 Å². The summed E-state index contributed by atoms with van der Waals surface area (Å²) >= 11 is 0. The number of ether oxygens (including phenoxy) is 1. The van der Waals surface area contributed by atoms with Crippen LogP contribution in [-0.2, 0) is 0 Å². The summed E-state index contributed by atoms with van der Waals surface area (Å²) in [5.41, 5.74) is 6.22. The van der Waals surface area contributed by atoms with E-state index in [2.05, 4.69) is 26.1 Å². The van der Waals surface area contributed by atoms with Crippen molar-refractivity contribution in [3.8, 4) is 5.75 Å². The summed E-state index contributed by atoms with van der Waals surface area (Å²) in [6.07, 6.45) is 1.73. The predicted molar refractivity (Wildman–Crippen MR) is 82.0 cm³/mol. The van der Waals surface area contributed by atoms with Crippen molar-refractivity contribution in [2.24, 2.45) is 11.7 Å². The summed E-state index contributed by atoms with van der Waals surface area (Å²) in [7, 11) is 0. The van der Waals surface area contributed by atoms with Crippen molar-refractivity contribution in [1.82, 2.24) is 5.32 Å². The molecule has 0 heterocycles. The quantitative estimate of drug-likeness (QED) is 0.768. The van der Waals surface area contributed by atoms with Gasteiger partial charge in [-0.3, -0.25) is 4.79 Å². The summed E-state index contributed by atoms with van der Waals surface area (Å²) in [4.78, 5) is 12.3. The number of nitrogens with two attached hydrogens (primary N) is 1. The molecule has 1 rings (SSSR count). The van der Waals surface area contributed by atoms with Gasteiger partial charge in [0.25, 0.3) is 5.91 Å². The number of carbonyl (C=O) groups is 1. The van der Waals surface area contributed by atoms with Crippen LogP contribution >= 0.6 is 0 Å². The molecule has 0 aliphatic heterocycles. The molecule has 0 spiro atoms. The molecule has 1 aromatic rings. The molecule has 3 N–H and O–H groups in total. The lowest BCUT2D eigenvalue weighted by Crippen LogP contribution is -2.39. The molecule has 0 saturated carbocycles. The Bertz CT molecular complexity index is 419. The van der Waals surface area contributed by atoms with Crippen LogP contribution in [0, 0.1) is 5.92 Å². The van der Waals surface area contributed by atoms with Crippen molar-refractivity contribution in [3.63, 3.8) is 0 Å². The van der Waals surface area contributed by atoms with Crippen molar-refractivity contribution in [1.29, 1.82) is 0 Å². The number of amides is 1. The fraction of sp³-hybridized carbons (Fsp3) is 0.562. The fourth-order valence-corrected chi connectivity index (χ4v) is 1.95. The highest BCUT2D eigenvalue weighted by atomic mass is 16.5. The van der Waals surface area contributed by atoms with Gasteiger partial charge in [-0.25, -0.2) is 0 Å². The molecular formula is C16H26N2O2. The topological polar surface area (TPSA) is 64.3 Å². The van der Waals surface area contributed by atoms with Gasteiger partial charge >= 0.3 is 0 Å². The summed E-state index contributed by atoms with van der Waals surface area (Å²) < 4.78 is 5.55. The monoisotopic (exact) mass is 278 g/mol. The Morgan fingerprint density at radius 2 is 2.15 bits per heavy atom. The van der Waals surface area contributed by atoms with E-state index in [1.54, 1.807) is 12.1 Å². The first-order valence-corrected chi connectivity index (χ1v) is 7.32. The number of carbonyl (C=O) groups excluding carboxylic acids is 1. The van der Waals surface area contributed by atoms with E-state index in [1.807, 2.05) is 12.1 Å². The van der Waals surface area contributed by atoms with Gasteiger partial charge in [0.2, 0.25) is 0 Å². The van der Waals surface area contributed by atoms with E-state index in [0.717, 1.165) is 18.6 Å². The Balaban J connectivity index is 2.70. The maximum atomic E-state index is 12.3. The summed E-state index contributed by atoms with van der Waals surface area (Å²) in [6, 6.07) is 7.39. The molecule has 0 fully saturated rings. The largest absolute Gasteiger partial charge is 0.494 e. The second-order valence-corrected chi connectivity index (χ2v) is 5.28. The van der Waals surface area contributed by atoms with Gasteiger partial charge in [0, 0.05) is 11.6 Å². The molecule has 1 atom stereocenters. The molecule has 4 nitrogen and oxygen atoms in total. The molecule has 0 saturated heterocycles. The molecule has 1 unspecified atom stereocenters. The second kappa shape index (κ2) is 8.59. The minimum Gasteiger partial charge on any atom is -0.494 e. The van der Waals surface area contributed by atoms with Gasteiger partial charge in [-0.05, 0) is 43.5 Å². The van der Waals surface area contributed by atoms with E-state index in [1.165, 1.54) is 0 Å². The lowest BCUT2D eigenvalue weighted by atomic mass is 10.0. The number of hydrogen-bond acceptors (Lipinski definition) is 3. The van der Waals surface area contributed by atoms with E-state index in [0.29, 0.717) is 24.6 Å². The van der Waals surface area contributed by atoms with Crippen LogP contribution in [0.15, 0.2) is 24.3 Å². The molecular weight excluding hydrogens is 252 g/mol. The Morgan fingerprint density at radius 1 is 1.40 bits per heavy atom. The van der Waals surface area contributed by atoms with E-state index < -0.39 is 0 Å². The fourth-order valence-electron chi connectivity index (χ4n) is 1.95. The van der Waals surface area contributed by atoms with Crippen molar-refractivity contribution >= 4 is 5.91 Å². The van der Waals surface area contributed by atoms with Crippen molar-refractivity contribution < 1.29 is 9.53 Å². The van der Waals surface area contributed by atoms with Gasteiger partial charge in [0.1, 0.15) is 5.75 Å². The first kappa shape index (κ1) is 16.5. The Labute approximate surface area is 121 Å². The lowest BCUT2D eigenvalue weighted by molar-refractivity contribution is 0.0923. The number of benzene rings is 1. The Kier molecular flexibility index (Phi) is 7.09. The molecule has 112 valence electrons. The average Bonchev–Trinajstić information content (AvgIpc) is 2.44. The summed E-state index contributed by atoms with van der Waals surface area (Å²) in [5.74, 6) is 1.03. The molecule has 1 amide bonds. The molecule has 0 radical (unpaired) electrons. The minimum absolute atomic E-state index is 0.0703. The minimum atomic E-state index is -0.0703. The first-order chi connectivity index (χ1) is 9.58. The first-order valence-electron chi connectivity index (χ1n) is 7.32. The third kappa shape index (κ3) is 5.21. The molecule has 0 aliphatic carbocycles.